The van der Waals surface area contributed by atoms with E-state index in [1.54, 1.807) is 43.1 Å². The largest absolute Gasteiger partial charge is 0.324 e. The molecule has 0 aromatic heterocycles. The van der Waals surface area contributed by atoms with Crippen LogP contribution in [0.1, 0.15) is 13.3 Å². The molecule has 0 aliphatic carbocycles. The van der Waals surface area contributed by atoms with Crippen LogP contribution in [0.15, 0.2) is 42.5 Å². The highest BCUT2D eigenvalue weighted by molar-refractivity contribution is 6.30. The molecule has 0 saturated heterocycles. The number of nitrogens with one attached hydrogen (secondary N) is 2. The van der Waals surface area contributed by atoms with Crippen molar-refractivity contribution in [2.24, 2.45) is 0 Å². The number of likely N-dealkylation sites (N-methyl/N-ethyl adjacent to an activating group) is 1. The number of hydrogen-bond acceptors (Lipinski definition) is 4. The first-order chi connectivity index (χ1) is 14.2. The summed E-state index contributed by atoms with van der Waals surface area (Å²) in [6.45, 7) is 1.62. The Bertz CT molecular complexity index is 984. The molecule has 1 heterocycles. The highest BCUT2D eigenvalue weighted by atomic mass is 35.5. The monoisotopic (exact) mass is 432 g/mol. The summed E-state index contributed by atoms with van der Waals surface area (Å²) in [5.41, 5.74) is 1.16. The van der Waals surface area contributed by atoms with E-state index in [9.17, 15) is 18.8 Å². The first-order valence-corrected chi connectivity index (χ1v) is 9.77. The van der Waals surface area contributed by atoms with Crippen molar-refractivity contribution in [3.63, 3.8) is 0 Å². The molecule has 1 unspecified atom stereocenters. The number of anilines is 3. The normalized spacial score (nSPS) is 16.0. The molecule has 0 bridgehead atoms. The van der Waals surface area contributed by atoms with Crippen molar-refractivity contribution >= 4 is 46.4 Å². The number of fused-ring (bicyclic) bond motifs is 1. The molecular weight excluding hydrogens is 411 g/mol. The van der Waals surface area contributed by atoms with Crippen molar-refractivity contribution in [1.82, 2.24) is 4.90 Å². The number of rotatable bonds is 5. The first-order valence-electron chi connectivity index (χ1n) is 9.39. The van der Waals surface area contributed by atoms with Gasteiger partial charge >= 0.3 is 0 Å². The average Bonchev–Trinajstić information content (AvgIpc) is 2.78. The number of hydrogen-bond donors (Lipinski definition) is 2. The summed E-state index contributed by atoms with van der Waals surface area (Å²) in [6.07, 6.45) is 0.165. The topological polar surface area (TPSA) is 81.8 Å². The number of amides is 3. The lowest BCUT2D eigenvalue weighted by Gasteiger charge is -2.29. The highest BCUT2D eigenvalue weighted by Crippen LogP contribution is 2.31. The fraction of sp³-hybridized carbons (Fsp3) is 0.286. The Morgan fingerprint density at radius 3 is 2.77 bits per heavy atom. The van der Waals surface area contributed by atoms with Crippen LogP contribution in [0.2, 0.25) is 5.02 Å². The maximum Gasteiger partial charge on any atom is 0.241 e. The molecule has 158 valence electrons. The summed E-state index contributed by atoms with van der Waals surface area (Å²) in [4.78, 5) is 40.4. The molecule has 0 spiro atoms. The van der Waals surface area contributed by atoms with Crippen LogP contribution in [0.25, 0.3) is 0 Å². The van der Waals surface area contributed by atoms with Crippen LogP contribution in [0.4, 0.5) is 21.5 Å². The predicted molar refractivity (Wildman–Crippen MR) is 114 cm³/mol. The van der Waals surface area contributed by atoms with Crippen molar-refractivity contribution in [1.29, 1.82) is 0 Å². The van der Waals surface area contributed by atoms with Crippen molar-refractivity contribution in [3.8, 4) is 0 Å². The molecule has 0 saturated carbocycles. The SMILES string of the molecule is CC1CC(=O)Nc2ccccc2N1C(=O)CN(C)CC(=O)Nc1cc(Cl)ccc1F. The van der Waals surface area contributed by atoms with Gasteiger partial charge in [0, 0.05) is 17.5 Å². The van der Waals surface area contributed by atoms with E-state index in [2.05, 4.69) is 10.6 Å². The van der Waals surface area contributed by atoms with Gasteiger partial charge in [-0.05, 0) is 44.3 Å². The molecular formula is C21H22ClFN4O3. The van der Waals surface area contributed by atoms with Gasteiger partial charge in [-0.3, -0.25) is 19.3 Å². The molecule has 2 aromatic carbocycles. The molecule has 2 N–H and O–H groups in total. The molecule has 1 aliphatic heterocycles. The van der Waals surface area contributed by atoms with Gasteiger partial charge in [-0.25, -0.2) is 4.39 Å². The summed E-state index contributed by atoms with van der Waals surface area (Å²) in [6, 6.07) is 10.6. The second-order valence-electron chi connectivity index (χ2n) is 7.23. The van der Waals surface area contributed by atoms with Gasteiger partial charge in [0.25, 0.3) is 0 Å². The first kappa shape index (κ1) is 21.7. The Balaban J connectivity index is 1.67. The van der Waals surface area contributed by atoms with Crippen molar-refractivity contribution in [2.45, 2.75) is 19.4 Å². The lowest BCUT2D eigenvalue weighted by atomic mass is 10.1. The fourth-order valence-corrected chi connectivity index (χ4v) is 3.53. The van der Waals surface area contributed by atoms with Crippen molar-refractivity contribution in [3.05, 3.63) is 53.3 Å². The zero-order valence-electron chi connectivity index (χ0n) is 16.6. The smallest absolute Gasteiger partial charge is 0.241 e. The maximum atomic E-state index is 13.8. The van der Waals surface area contributed by atoms with E-state index < -0.39 is 11.7 Å². The third-order valence-corrected chi connectivity index (χ3v) is 4.88. The molecule has 0 radical (unpaired) electrons. The van der Waals surface area contributed by atoms with Crippen LogP contribution < -0.4 is 15.5 Å². The zero-order chi connectivity index (χ0) is 21.8. The van der Waals surface area contributed by atoms with Gasteiger partial charge in [0.2, 0.25) is 17.7 Å². The van der Waals surface area contributed by atoms with Crippen LogP contribution in [0.5, 0.6) is 0 Å². The van der Waals surface area contributed by atoms with Crippen LogP contribution in [-0.2, 0) is 14.4 Å². The minimum absolute atomic E-state index is 0.0214. The fourth-order valence-electron chi connectivity index (χ4n) is 3.36. The van der Waals surface area contributed by atoms with Crippen molar-refractivity contribution in [2.75, 3.05) is 35.7 Å². The lowest BCUT2D eigenvalue weighted by Crippen LogP contribution is -2.45. The van der Waals surface area contributed by atoms with E-state index in [0.29, 0.717) is 16.4 Å². The van der Waals surface area contributed by atoms with Gasteiger partial charge in [0.05, 0.1) is 30.2 Å². The molecule has 3 rings (SSSR count). The number of carbonyl (C=O) groups is 3. The number of benzene rings is 2. The Morgan fingerprint density at radius 1 is 1.27 bits per heavy atom. The Kier molecular flexibility index (Phi) is 6.69. The predicted octanol–water partition coefficient (Wildman–Crippen LogP) is 3.11. The summed E-state index contributed by atoms with van der Waals surface area (Å²) in [5.74, 6) is -1.50. The van der Waals surface area contributed by atoms with Crippen LogP contribution in [0.3, 0.4) is 0 Å². The van der Waals surface area contributed by atoms with E-state index in [0.717, 1.165) is 0 Å². The van der Waals surface area contributed by atoms with E-state index in [1.807, 2.05) is 0 Å². The molecule has 3 amide bonds. The van der Waals surface area contributed by atoms with E-state index >= 15 is 0 Å². The van der Waals surface area contributed by atoms with Crippen LogP contribution in [-0.4, -0.2) is 48.8 Å². The summed E-state index contributed by atoms with van der Waals surface area (Å²) in [7, 11) is 1.61. The lowest BCUT2D eigenvalue weighted by molar-refractivity contribution is -0.121. The summed E-state index contributed by atoms with van der Waals surface area (Å²) >= 11 is 5.83. The van der Waals surface area contributed by atoms with E-state index in [-0.39, 0.29) is 43.1 Å². The van der Waals surface area contributed by atoms with Gasteiger partial charge in [0.15, 0.2) is 0 Å². The minimum atomic E-state index is -0.598. The second kappa shape index (κ2) is 9.23. The molecule has 2 aromatic rings. The number of halogens is 2. The molecule has 7 nitrogen and oxygen atoms in total. The molecule has 9 heteroatoms. The molecule has 0 fully saturated rings. The Labute approximate surface area is 178 Å². The third kappa shape index (κ3) is 5.14. The molecule has 30 heavy (non-hydrogen) atoms. The third-order valence-electron chi connectivity index (χ3n) is 4.65. The number of carbonyl (C=O) groups excluding carboxylic acids is 3. The average molecular weight is 433 g/mol. The molecule has 1 aliphatic rings. The van der Waals surface area contributed by atoms with Gasteiger partial charge in [-0.1, -0.05) is 23.7 Å². The zero-order valence-corrected chi connectivity index (χ0v) is 17.4. The highest BCUT2D eigenvalue weighted by Gasteiger charge is 2.30. The minimum Gasteiger partial charge on any atom is -0.324 e. The second-order valence-corrected chi connectivity index (χ2v) is 7.66. The number of para-hydroxylation sites is 2. The summed E-state index contributed by atoms with van der Waals surface area (Å²) < 4.78 is 13.8. The number of nitrogens with zero attached hydrogens (tertiary/aromatic N) is 2. The van der Waals surface area contributed by atoms with Gasteiger partial charge < -0.3 is 15.5 Å². The Hall–Kier alpha value is -2.97. The quantitative estimate of drug-likeness (QED) is 0.760. The van der Waals surface area contributed by atoms with Gasteiger partial charge in [-0.15, -0.1) is 0 Å². The van der Waals surface area contributed by atoms with Gasteiger partial charge in [-0.2, -0.15) is 0 Å². The van der Waals surface area contributed by atoms with Crippen LogP contribution >= 0.6 is 11.6 Å². The van der Waals surface area contributed by atoms with E-state index in [1.165, 1.54) is 23.1 Å². The summed E-state index contributed by atoms with van der Waals surface area (Å²) in [5, 5.41) is 5.56. The van der Waals surface area contributed by atoms with Crippen molar-refractivity contribution < 1.29 is 18.8 Å². The molecule has 1 atom stereocenters. The standard InChI is InChI=1S/C21H22ClFN4O3/c1-13-9-19(28)24-16-5-3-4-6-18(16)27(13)21(30)12-26(2)11-20(29)25-17-10-14(22)7-8-15(17)23/h3-8,10,13H,9,11-12H2,1-2H3,(H,24,28)(H,25,29). The maximum absolute atomic E-state index is 13.8. The van der Waals surface area contributed by atoms with Crippen LogP contribution in [0, 0.1) is 5.82 Å². The Morgan fingerprint density at radius 2 is 2.00 bits per heavy atom. The van der Waals surface area contributed by atoms with E-state index in [4.69, 9.17) is 11.6 Å². The van der Waals surface area contributed by atoms with Gasteiger partial charge in [0.1, 0.15) is 5.82 Å².